The predicted molar refractivity (Wildman–Crippen MR) is 186 cm³/mol. The summed E-state index contributed by atoms with van der Waals surface area (Å²) in [7, 11) is 0. The highest BCUT2D eigenvalue weighted by Crippen LogP contribution is 2.20. The number of nitrogens with two attached hydrogens (primary N) is 3. The van der Waals surface area contributed by atoms with Crippen LogP contribution >= 0.6 is 0 Å². The topological polar surface area (TPSA) is 314 Å². The van der Waals surface area contributed by atoms with Gasteiger partial charge in [0.2, 0.25) is 35.4 Å². The van der Waals surface area contributed by atoms with Crippen molar-refractivity contribution in [2.45, 2.75) is 95.6 Å². The third kappa shape index (κ3) is 13.3. The number of rotatable bonds is 22. The van der Waals surface area contributed by atoms with E-state index >= 15 is 0 Å². The van der Waals surface area contributed by atoms with Crippen LogP contribution in [0.4, 0.5) is 0 Å². The van der Waals surface area contributed by atoms with E-state index in [0.717, 1.165) is 10.9 Å². The number of hydrogen-bond acceptors (Lipinski definition) is 10. The Bertz CT molecular complexity index is 1530. The molecular formula is C33H51N9O9. The lowest BCUT2D eigenvalue weighted by Gasteiger charge is -2.29. The van der Waals surface area contributed by atoms with E-state index < -0.39 is 90.2 Å². The van der Waals surface area contributed by atoms with E-state index in [2.05, 4.69) is 31.6 Å². The van der Waals surface area contributed by atoms with Crippen LogP contribution in [-0.4, -0.2) is 106 Å². The Hall–Kier alpha value is -5.07. The van der Waals surface area contributed by atoms with Gasteiger partial charge in [-0.15, -0.1) is 0 Å². The molecule has 0 aliphatic carbocycles. The molecule has 6 atom stereocenters. The summed E-state index contributed by atoms with van der Waals surface area (Å²) >= 11 is 0. The van der Waals surface area contributed by atoms with Crippen molar-refractivity contribution in [2.75, 3.05) is 13.1 Å². The summed E-state index contributed by atoms with van der Waals surface area (Å²) in [6, 6.07) is 0.482. The number of H-pyrrole nitrogens is 1. The molecule has 0 fully saturated rings. The number of fused-ring (bicyclic) bond motifs is 1. The lowest BCUT2D eigenvalue weighted by Crippen LogP contribution is -2.62. The SMILES string of the molecule is CC(C)[C@H](NC(=O)[C@H](Cc1c[nH]c2ccccc12)NC(=O)[C@H](CCC(N)=O)NC(=O)CN)C(=O)N[C@H](C(=O)N[C@@H](CCCCN)C(=O)O)[C@@H](C)O. The van der Waals surface area contributed by atoms with E-state index in [1.165, 1.54) is 6.92 Å². The molecule has 1 heterocycles. The number of carbonyl (C=O) groups excluding carboxylic acids is 6. The Morgan fingerprint density at radius 3 is 1.96 bits per heavy atom. The fourth-order valence-electron chi connectivity index (χ4n) is 5.26. The highest BCUT2D eigenvalue weighted by Gasteiger charge is 2.35. The second-order valence-corrected chi connectivity index (χ2v) is 12.6. The number of para-hydroxylation sites is 1. The maximum atomic E-state index is 13.9. The molecule has 282 valence electrons. The van der Waals surface area contributed by atoms with Crippen LogP contribution in [0.5, 0.6) is 0 Å². The molecule has 1 aromatic heterocycles. The maximum Gasteiger partial charge on any atom is 0.326 e. The van der Waals surface area contributed by atoms with Gasteiger partial charge < -0.3 is 59.0 Å². The molecule has 0 bridgehead atoms. The number of aromatic nitrogens is 1. The van der Waals surface area contributed by atoms with E-state index in [0.29, 0.717) is 24.9 Å². The zero-order chi connectivity index (χ0) is 38.2. The van der Waals surface area contributed by atoms with Crippen LogP contribution in [0.25, 0.3) is 10.9 Å². The summed E-state index contributed by atoms with van der Waals surface area (Å²) < 4.78 is 0. The zero-order valence-corrected chi connectivity index (χ0v) is 29.1. The lowest BCUT2D eigenvalue weighted by molar-refractivity contribution is -0.143. The minimum atomic E-state index is -1.58. The quantitative estimate of drug-likeness (QED) is 0.0571. The minimum Gasteiger partial charge on any atom is -0.480 e. The van der Waals surface area contributed by atoms with Gasteiger partial charge in [-0.05, 0) is 56.7 Å². The molecule has 0 aliphatic rings. The third-order valence-corrected chi connectivity index (χ3v) is 8.12. The molecule has 0 aliphatic heterocycles. The van der Waals surface area contributed by atoms with Crippen molar-refractivity contribution < 1.29 is 43.8 Å². The van der Waals surface area contributed by atoms with Crippen LogP contribution in [-0.2, 0) is 40.0 Å². The number of aliphatic carboxylic acids is 1. The standard InChI is InChI=1S/C33H51N9O9/c1-17(2)27(31(48)42-28(18(3)43)32(49)39-23(33(50)51)10-6-7-13-34)41-30(47)24(14-19-16-37-21-9-5-4-8-20(19)21)40-29(46)22(11-12-25(36)44)38-26(45)15-35/h4-5,8-9,16-18,22-24,27-28,37,43H,6-7,10-15,34-35H2,1-3H3,(H2,36,44)(H,38,45)(H,39,49)(H,40,46)(H,41,47)(H,42,48)(H,50,51)/t18-,22+,23+,24+,27+,28+/m1/s1. The number of carboxylic acids is 1. The number of unbranched alkanes of at least 4 members (excludes halogenated alkanes) is 1. The average Bonchev–Trinajstić information content (AvgIpc) is 3.48. The number of aromatic amines is 1. The fourth-order valence-corrected chi connectivity index (χ4v) is 5.26. The van der Waals surface area contributed by atoms with E-state index in [-0.39, 0.29) is 25.7 Å². The van der Waals surface area contributed by atoms with Crippen LogP contribution < -0.4 is 43.8 Å². The molecule has 1 aromatic carbocycles. The van der Waals surface area contributed by atoms with Crippen molar-refractivity contribution in [1.29, 1.82) is 0 Å². The first-order valence-corrected chi connectivity index (χ1v) is 16.7. The number of benzene rings is 1. The number of hydrogen-bond donors (Lipinski definition) is 11. The summed E-state index contributed by atoms with van der Waals surface area (Å²) in [6.45, 7) is 4.37. The van der Waals surface area contributed by atoms with Crippen molar-refractivity contribution in [1.82, 2.24) is 31.6 Å². The fraction of sp³-hybridized carbons (Fsp3) is 0.545. The summed E-state index contributed by atoms with van der Waals surface area (Å²) in [5.41, 5.74) is 17.5. The predicted octanol–water partition coefficient (Wildman–Crippen LogP) is -2.39. The largest absolute Gasteiger partial charge is 0.480 e. The molecule has 6 amide bonds. The van der Waals surface area contributed by atoms with Gasteiger partial charge in [-0.3, -0.25) is 28.8 Å². The summed E-state index contributed by atoms with van der Waals surface area (Å²) in [5, 5.41) is 33.1. The zero-order valence-electron chi connectivity index (χ0n) is 29.1. The number of aliphatic hydroxyl groups excluding tert-OH is 1. The van der Waals surface area contributed by atoms with Gasteiger partial charge >= 0.3 is 5.97 Å². The molecule has 2 aromatic rings. The Morgan fingerprint density at radius 2 is 1.37 bits per heavy atom. The first-order valence-electron chi connectivity index (χ1n) is 16.7. The first kappa shape index (κ1) is 42.1. The van der Waals surface area contributed by atoms with Gasteiger partial charge in [-0.1, -0.05) is 32.0 Å². The highest BCUT2D eigenvalue weighted by atomic mass is 16.4. The van der Waals surface area contributed by atoms with Crippen LogP contribution in [0, 0.1) is 5.92 Å². The smallest absolute Gasteiger partial charge is 0.326 e. The van der Waals surface area contributed by atoms with Gasteiger partial charge in [0.25, 0.3) is 0 Å². The molecular weight excluding hydrogens is 666 g/mol. The number of nitrogens with one attached hydrogen (secondary N) is 6. The van der Waals surface area contributed by atoms with Gasteiger partial charge in [0.1, 0.15) is 30.2 Å². The van der Waals surface area contributed by atoms with Crippen molar-refractivity contribution >= 4 is 52.3 Å². The summed E-state index contributed by atoms with van der Waals surface area (Å²) in [5.74, 6) is -6.70. The molecule has 0 spiro atoms. The minimum absolute atomic E-state index is 0.0686. The van der Waals surface area contributed by atoms with E-state index in [9.17, 15) is 43.8 Å². The van der Waals surface area contributed by atoms with E-state index in [4.69, 9.17) is 17.2 Å². The molecule has 2 rings (SSSR count). The van der Waals surface area contributed by atoms with Gasteiger partial charge in [0.05, 0.1) is 12.6 Å². The second-order valence-electron chi connectivity index (χ2n) is 12.6. The Balaban J connectivity index is 2.35. The van der Waals surface area contributed by atoms with Crippen LogP contribution in [0.15, 0.2) is 30.5 Å². The van der Waals surface area contributed by atoms with Crippen LogP contribution in [0.2, 0.25) is 0 Å². The van der Waals surface area contributed by atoms with Crippen LogP contribution in [0.3, 0.4) is 0 Å². The monoisotopic (exact) mass is 717 g/mol. The summed E-state index contributed by atoms with van der Waals surface area (Å²) in [6.07, 6.45) is 0.739. The Kier molecular flexibility index (Phi) is 17.0. The van der Waals surface area contributed by atoms with Crippen LogP contribution in [0.1, 0.15) is 58.4 Å². The molecule has 14 N–H and O–H groups in total. The van der Waals surface area contributed by atoms with E-state index in [1.54, 1.807) is 26.1 Å². The molecule has 0 unspecified atom stereocenters. The third-order valence-electron chi connectivity index (χ3n) is 8.12. The lowest BCUT2D eigenvalue weighted by atomic mass is 9.99. The second kappa shape index (κ2) is 20.6. The summed E-state index contributed by atoms with van der Waals surface area (Å²) in [4.78, 5) is 92.4. The van der Waals surface area contributed by atoms with Crippen molar-refractivity contribution in [3.05, 3.63) is 36.0 Å². The number of carbonyl (C=O) groups is 7. The average molecular weight is 718 g/mol. The normalized spacial score (nSPS) is 14.7. The molecule has 0 radical (unpaired) electrons. The Labute approximate surface area is 295 Å². The van der Waals surface area contributed by atoms with Gasteiger partial charge in [0, 0.05) is 29.9 Å². The molecule has 18 heteroatoms. The Morgan fingerprint density at radius 1 is 0.765 bits per heavy atom. The van der Waals surface area contributed by atoms with Crippen molar-refractivity contribution in [2.24, 2.45) is 23.1 Å². The highest BCUT2D eigenvalue weighted by molar-refractivity contribution is 5.97. The number of carboxylic acid groups (broad SMARTS) is 1. The van der Waals surface area contributed by atoms with E-state index in [1.807, 2.05) is 18.2 Å². The first-order chi connectivity index (χ1) is 24.1. The maximum absolute atomic E-state index is 13.9. The molecule has 0 saturated carbocycles. The van der Waals surface area contributed by atoms with Gasteiger partial charge in [0.15, 0.2) is 0 Å². The molecule has 51 heavy (non-hydrogen) atoms. The number of amides is 6. The van der Waals surface area contributed by atoms with Crippen molar-refractivity contribution in [3.63, 3.8) is 0 Å². The van der Waals surface area contributed by atoms with Crippen molar-refractivity contribution in [3.8, 4) is 0 Å². The molecule has 0 saturated heterocycles. The number of primary amides is 1. The molecule has 18 nitrogen and oxygen atoms in total. The number of aliphatic hydroxyl groups is 1. The van der Waals surface area contributed by atoms with Gasteiger partial charge in [-0.25, -0.2) is 4.79 Å². The van der Waals surface area contributed by atoms with Gasteiger partial charge in [-0.2, -0.15) is 0 Å².